The van der Waals surface area contributed by atoms with Crippen LogP contribution < -0.4 is 9.46 Å². The van der Waals surface area contributed by atoms with Gasteiger partial charge in [0.05, 0.1) is 18.6 Å². The number of methoxy groups -OCH3 is 1. The summed E-state index contributed by atoms with van der Waals surface area (Å²) in [5.74, 6) is 0.566. The number of amides is 1. The predicted molar refractivity (Wildman–Crippen MR) is 136 cm³/mol. The van der Waals surface area contributed by atoms with Crippen molar-refractivity contribution in [3.8, 4) is 5.75 Å². The largest absolute Gasteiger partial charge is 0.497 e. The highest BCUT2D eigenvalue weighted by Crippen LogP contribution is 2.27. The number of rotatable bonds is 10. The zero-order valence-electron chi connectivity index (χ0n) is 21.9. The lowest BCUT2D eigenvalue weighted by Gasteiger charge is -2.43. The van der Waals surface area contributed by atoms with E-state index in [1.165, 1.54) is 6.42 Å². The number of hydrogen-bond acceptors (Lipinski definition) is 7. The van der Waals surface area contributed by atoms with Gasteiger partial charge in [0.2, 0.25) is 15.9 Å². The Kier molecular flexibility index (Phi) is 9.94. The molecule has 3 rings (SSSR count). The number of ether oxygens (including phenoxy) is 2. The van der Waals surface area contributed by atoms with Gasteiger partial charge in [0.1, 0.15) is 12.4 Å². The Morgan fingerprint density at radius 3 is 2.43 bits per heavy atom. The van der Waals surface area contributed by atoms with E-state index in [4.69, 9.17) is 9.47 Å². The van der Waals surface area contributed by atoms with E-state index >= 15 is 0 Å². The number of benzene rings is 1. The predicted octanol–water partition coefficient (Wildman–Crippen LogP) is 1.62. The molecule has 1 aliphatic heterocycles. The van der Waals surface area contributed by atoms with Crippen LogP contribution in [0.1, 0.15) is 36.8 Å². The minimum atomic E-state index is -3.69. The van der Waals surface area contributed by atoms with Crippen LogP contribution in [-0.4, -0.2) is 108 Å². The second-order valence-corrected chi connectivity index (χ2v) is 11.6. The van der Waals surface area contributed by atoms with Crippen LogP contribution in [0.15, 0.2) is 17.0 Å². The van der Waals surface area contributed by atoms with Gasteiger partial charge < -0.3 is 19.3 Å². The van der Waals surface area contributed by atoms with Crippen molar-refractivity contribution in [3.63, 3.8) is 0 Å². The molecule has 1 aromatic rings. The monoisotopic (exact) mass is 510 g/mol. The fourth-order valence-corrected chi connectivity index (χ4v) is 6.71. The fraction of sp³-hybridized carbons (Fsp3) is 0.720. The van der Waals surface area contributed by atoms with E-state index in [1.807, 2.05) is 11.9 Å². The average Bonchev–Trinajstić information content (AvgIpc) is 2.83. The first kappa shape index (κ1) is 27.9. The van der Waals surface area contributed by atoms with Gasteiger partial charge in [0.15, 0.2) is 0 Å². The highest BCUT2D eigenvalue weighted by Gasteiger charge is 2.31. The molecular formula is C25H42N4O5S. The van der Waals surface area contributed by atoms with Gasteiger partial charge in [0.25, 0.3) is 0 Å². The molecule has 10 heteroatoms. The Morgan fingerprint density at radius 2 is 1.80 bits per heavy atom. The summed E-state index contributed by atoms with van der Waals surface area (Å²) in [6, 6.07) is 4.17. The van der Waals surface area contributed by atoms with E-state index in [1.54, 1.807) is 33.1 Å². The van der Waals surface area contributed by atoms with Crippen molar-refractivity contribution in [2.45, 2.75) is 56.5 Å². The van der Waals surface area contributed by atoms with Gasteiger partial charge in [-0.15, -0.1) is 0 Å². The van der Waals surface area contributed by atoms with E-state index in [9.17, 15) is 13.2 Å². The van der Waals surface area contributed by atoms with Crippen molar-refractivity contribution < 1.29 is 22.7 Å². The van der Waals surface area contributed by atoms with Crippen LogP contribution in [0.2, 0.25) is 0 Å². The van der Waals surface area contributed by atoms with Crippen molar-refractivity contribution in [2.24, 2.45) is 0 Å². The maximum absolute atomic E-state index is 12.8. The first-order chi connectivity index (χ1) is 16.6. The number of aryl methyl sites for hydroxylation is 2. The number of carbonyl (C=O) groups excluding carboxylic acids is 1. The number of nitrogens with zero attached hydrogens (tertiary/aromatic N) is 3. The molecule has 1 N–H and O–H groups in total. The third-order valence-corrected chi connectivity index (χ3v) is 9.08. The summed E-state index contributed by atoms with van der Waals surface area (Å²) in [5, 5.41) is 0. The second-order valence-electron chi connectivity index (χ2n) is 9.86. The highest BCUT2D eigenvalue weighted by atomic mass is 32.2. The third kappa shape index (κ3) is 7.39. The Hall–Kier alpha value is -1.72. The van der Waals surface area contributed by atoms with E-state index < -0.39 is 10.0 Å². The summed E-state index contributed by atoms with van der Waals surface area (Å²) < 4.78 is 38.9. The summed E-state index contributed by atoms with van der Waals surface area (Å²) in [5.41, 5.74) is 1.24. The minimum Gasteiger partial charge on any atom is -0.497 e. The van der Waals surface area contributed by atoms with Crippen molar-refractivity contribution in [1.82, 2.24) is 19.4 Å². The van der Waals surface area contributed by atoms with Gasteiger partial charge in [-0.05, 0) is 69.8 Å². The summed E-state index contributed by atoms with van der Waals surface area (Å²) in [4.78, 5) is 19.8. The van der Waals surface area contributed by atoms with Gasteiger partial charge in [-0.2, -0.15) is 0 Å². The number of piperazine rings is 1. The molecule has 2 aliphatic rings. The quantitative estimate of drug-likeness (QED) is 0.479. The maximum Gasteiger partial charge on any atom is 0.248 e. The van der Waals surface area contributed by atoms with Crippen molar-refractivity contribution in [1.29, 1.82) is 0 Å². The molecule has 1 heterocycles. The molecule has 2 atom stereocenters. The van der Waals surface area contributed by atoms with E-state index in [-0.39, 0.29) is 36.6 Å². The summed E-state index contributed by atoms with van der Waals surface area (Å²) in [7, 11) is 1.89. The zero-order valence-corrected chi connectivity index (χ0v) is 22.7. The molecular weight excluding hydrogens is 468 g/mol. The van der Waals surface area contributed by atoms with Crippen LogP contribution in [0.25, 0.3) is 0 Å². The van der Waals surface area contributed by atoms with Crippen LogP contribution in [0.5, 0.6) is 5.75 Å². The molecule has 0 radical (unpaired) electrons. The van der Waals surface area contributed by atoms with Gasteiger partial charge in [-0.25, -0.2) is 13.1 Å². The molecule has 1 amide bonds. The first-order valence-electron chi connectivity index (χ1n) is 12.5. The van der Waals surface area contributed by atoms with Crippen LogP contribution >= 0.6 is 0 Å². The SMILES string of the molecule is COc1cc(C)c(S(=O)(=O)NCCOCC(=O)N(C)[C@@H]2CCC[C@H](N3CCN(C)CC3)C2)c(C)c1. The first-order valence-corrected chi connectivity index (χ1v) is 14.0. The average molecular weight is 511 g/mol. The van der Waals surface area contributed by atoms with Gasteiger partial charge in [0, 0.05) is 51.9 Å². The summed E-state index contributed by atoms with van der Waals surface area (Å²) in [6.07, 6.45) is 4.36. The van der Waals surface area contributed by atoms with Gasteiger partial charge >= 0.3 is 0 Å². The molecule has 1 saturated carbocycles. The number of hydrogen-bond donors (Lipinski definition) is 1. The lowest BCUT2D eigenvalue weighted by Crippen LogP contribution is -2.52. The molecule has 198 valence electrons. The smallest absolute Gasteiger partial charge is 0.248 e. The number of nitrogens with one attached hydrogen (secondary N) is 1. The Morgan fingerprint density at radius 1 is 1.14 bits per heavy atom. The normalized spacial score (nSPS) is 22.2. The van der Waals surface area contributed by atoms with Gasteiger partial charge in [-0.3, -0.25) is 9.69 Å². The molecule has 0 bridgehead atoms. The number of sulfonamides is 1. The molecule has 35 heavy (non-hydrogen) atoms. The lowest BCUT2D eigenvalue weighted by molar-refractivity contribution is -0.137. The van der Waals surface area contributed by atoms with E-state index in [0.717, 1.165) is 45.4 Å². The fourth-order valence-electron chi connectivity index (χ4n) is 5.25. The molecule has 1 saturated heterocycles. The Balaban J connectivity index is 1.42. The van der Waals surface area contributed by atoms with Crippen molar-refractivity contribution in [3.05, 3.63) is 23.3 Å². The lowest BCUT2D eigenvalue weighted by atomic mass is 9.88. The van der Waals surface area contributed by atoms with Crippen molar-refractivity contribution in [2.75, 3.05) is 67.1 Å². The topological polar surface area (TPSA) is 91.4 Å². The summed E-state index contributed by atoms with van der Waals surface area (Å²) >= 11 is 0. The molecule has 1 aromatic carbocycles. The number of likely N-dealkylation sites (N-methyl/N-ethyl adjacent to an activating group) is 2. The van der Waals surface area contributed by atoms with Crippen molar-refractivity contribution >= 4 is 15.9 Å². The summed E-state index contributed by atoms with van der Waals surface area (Å²) in [6.45, 7) is 8.06. The molecule has 0 aromatic heterocycles. The van der Waals surface area contributed by atoms with Crippen LogP contribution in [-0.2, 0) is 19.6 Å². The molecule has 0 unspecified atom stereocenters. The van der Waals surface area contributed by atoms with E-state index in [0.29, 0.717) is 22.9 Å². The zero-order chi connectivity index (χ0) is 25.6. The van der Waals surface area contributed by atoms with Crippen LogP contribution in [0, 0.1) is 13.8 Å². The Bertz CT molecular complexity index is 940. The second kappa shape index (κ2) is 12.5. The third-order valence-electron chi connectivity index (χ3n) is 7.32. The molecule has 2 fully saturated rings. The molecule has 9 nitrogen and oxygen atoms in total. The number of carbonyl (C=O) groups is 1. The van der Waals surface area contributed by atoms with Crippen LogP contribution in [0.3, 0.4) is 0 Å². The standard InChI is InChI=1S/C25H42N4O5S/c1-19-15-23(33-5)16-20(2)25(19)35(31,32)26-9-14-34-18-24(30)28(4)21-7-6-8-22(17-21)29-12-10-27(3)11-13-29/h15-16,21-22,26H,6-14,17-18H2,1-5H3/t21-,22+/m1/s1. The Labute approximate surface area is 210 Å². The molecule has 0 spiro atoms. The molecule has 1 aliphatic carbocycles. The maximum atomic E-state index is 12.8. The van der Waals surface area contributed by atoms with Gasteiger partial charge in [-0.1, -0.05) is 0 Å². The highest BCUT2D eigenvalue weighted by molar-refractivity contribution is 7.89. The van der Waals surface area contributed by atoms with Crippen LogP contribution in [0.4, 0.5) is 0 Å². The van der Waals surface area contributed by atoms with E-state index in [2.05, 4.69) is 21.6 Å². The minimum absolute atomic E-state index is 0.0471.